The van der Waals surface area contributed by atoms with Crippen LogP contribution in [-0.2, 0) is 9.53 Å². The van der Waals surface area contributed by atoms with Crippen LogP contribution in [0.25, 0.3) is 17.4 Å². The monoisotopic (exact) mass is 539 g/mol. The van der Waals surface area contributed by atoms with Crippen LogP contribution in [-0.4, -0.2) is 23.8 Å². The third-order valence-electron chi connectivity index (χ3n) is 6.24. The molecule has 0 N–H and O–H groups in total. The van der Waals surface area contributed by atoms with Crippen LogP contribution < -0.4 is 19.6 Å². The lowest BCUT2D eigenvalue weighted by Crippen LogP contribution is -2.39. The Morgan fingerprint density at radius 1 is 1.13 bits per heavy atom. The van der Waals surface area contributed by atoms with E-state index in [0.717, 1.165) is 5.56 Å². The number of ether oxygens (including phenoxy) is 2. The predicted octanol–water partition coefficient (Wildman–Crippen LogP) is 4.33. The standard InChI is InChI=1S/C30H25N3O5S/c1-4-36-21-12-10-19(11-13-21)27-26(29(35)37-5-2)18(3)32-30-33(27)28(34)25(39-30)16-22-14-15-24(38-22)23-9-7-6-8-20(23)17-31/h6-16,27H,4-5H2,1-3H3/b25-16-/t27-/m0/s1. The van der Waals surface area contributed by atoms with Crippen molar-refractivity contribution in [1.29, 1.82) is 5.26 Å². The highest BCUT2D eigenvalue weighted by Crippen LogP contribution is 2.32. The SMILES string of the molecule is CCOC(=O)C1=C(C)N=c2s/c(=C\c3ccc(-c4ccccc4C#N)o3)c(=O)n2[C@H]1c1ccc(OCC)cc1. The fraction of sp³-hybridized carbons (Fsp3) is 0.200. The van der Waals surface area contributed by atoms with Gasteiger partial charge in [-0.15, -0.1) is 0 Å². The van der Waals surface area contributed by atoms with Gasteiger partial charge in [0.05, 0.1) is 46.7 Å². The van der Waals surface area contributed by atoms with E-state index in [1.807, 2.05) is 43.3 Å². The van der Waals surface area contributed by atoms with Crippen molar-refractivity contribution in [3.8, 4) is 23.1 Å². The molecule has 0 unspecified atom stereocenters. The Morgan fingerprint density at radius 3 is 2.62 bits per heavy atom. The van der Waals surface area contributed by atoms with E-state index in [0.29, 0.717) is 55.6 Å². The Labute approximate surface area is 228 Å². The highest BCUT2D eigenvalue weighted by Gasteiger charge is 2.33. The van der Waals surface area contributed by atoms with Crippen LogP contribution in [0.4, 0.5) is 0 Å². The molecule has 0 radical (unpaired) electrons. The number of nitrogens with zero attached hydrogens (tertiary/aromatic N) is 3. The number of nitriles is 1. The van der Waals surface area contributed by atoms with Crippen LogP contribution >= 0.6 is 11.3 Å². The highest BCUT2D eigenvalue weighted by atomic mass is 32.1. The number of hydrogen-bond donors (Lipinski definition) is 0. The van der Waals surface area contributed by atoms with Gasteiger partial charge in [0.1, 0.15) is 17.3 Å². The molecule has 1 atom stereocenters. The van der Waals surface area contributed by atoms with Gasteiger partial charge < -0.3 is 13.9 Å². The van der Waals surface area contributed by atoms with Gasteiger partial charge in [-0.1, -0.05) is 35.6 Å². The van der Waals surface area contributed by atoms with Gasteiger partial charge in [0.25, 0.3) is 5.56 Å². The second kappa shape index (κ2) is 11.0. The summed E-state index contributed by atoms with van der Waals surface area (Å²) in [6.45, 7) is 6.11. The highest BCUT2D eigenvalue weighted by molar-refractivity contribution is 7.07. The number of esters is 1. The molecule has 3 heterocycles. The molecule has 2 aromatic heterocycles. The fourth-order valence-corrected chi connectivity index (χ4v) is 5.55. The molecule has 0 spiro atoms. The summed E-state index contributed by atoms with van der Waals surface area (Å²) in [4.78, 5) is 31.9. The number of rotatable bonds is 7. The van der Waals surface area contributed by atoms with E-state index in [1.165, 1.54) is 15.9 Å². The van der Waals surface area contributed by atoms with Crippen LogP contribution in [0.3, 0.4) is 0 Å². The number of thiazole rings is 1. The summed E-state index contributed by atoms with van der Waals surface area (Å²) < 4.78 is 18.8. The minimum Gasteiger partial charge on any atom is -0.494 e. The lowest BCUT2D eigenvalue weighted by molar-refractivity contribution is -0.139. The summed E-state index contributed by atoms with van der Waals surface area (Å²) in [5, 5.41) is 9.43. The molecule has 0 saturated carbocycles. The Balaban J connectivity index is 1.62. The molecule has 2 aromatic carbocycles. The van der Waals surface area contributed by atoms with Gasteiger partial charge in [-0.25, -0.2) is 9.79 Å². The van der Waals surface area contributed by atoms with Crippen molar-refractivity contribution in [2.75, 3.05) is 13.2 Å². The van der Waals surface area contributed by atoms with E-state index < -0.39 is 12.0 Å². The maximum absolute atomic E-state index is 13.8. The van der Waals surface area contributed by atoms with Crippen LogP contribution in [0.15, 0.2) is 86.1 Å². The first-order valence-corrected chi connectivity index (χ1v) is 13.3. The topological polar surface area (TPSA) is 107 Å². The van der Waals surface area contributed by atoms with Gasteiger partial charge >= 0.3 is 5.97 Å². The molecule has 5 rings (SSSR count). The number of carbonyl (C=O) groups is 1. The summed E-state index contributed by atoms with van der Waals surface area (Å²) in [5.74, 6) is 1.17. The molecule has 0 aliphatic carbocycles. The average molecular weight is 540 g/mol. The second-order valence-electron chi connectivity index (χ2n) is 8.66. The van der Waals surface area contributed by atoms with Crippen molar-refractivity contribution in [2.24, 2.45) is 4.99 Å². The first-order valence-electron chi connectivity index (χ1n) is 12.5. The van der Waals surface area contributed by atoms with Gasteiger partial charge in [-0.2, -0.15) is 5.26 Å². The molecule has 0 saturated heterocycles. The molecule has 0 amide bonds. The molecule has 4 aromatic rings. The van der Waals surface area contributed by atoms with Gasteiger partial charge in [0.15, 0.2) is 4.80 Å². The zero-order valence-electron chi connectivity index (χ0n) is 21.6. The number of carbonyl (C=O) groups excluding carboxylic acids is 1. The molecule has 39 heavy (non-hydrogen) atoms. The minimum absolute atomic E-state index is 0.200. The van der Waals surface area contributed by atoms with Gasteiger partial charge in [-0.05, 0) is 62.7 Å². The molecule has 0 bridgehead atoms. The maximum Gasteiger partial charge on any atom is 0.338 e. The summed E-state index contributed by atoms with van der Waals surface area (Å²) in [6, 6.07) is 19.5. The van der Waals surface area contributed by atoms with Crippen LogP contribution in [0.1, 0.15) is 43.7 Å². The minimum atomic E-state index is -0.715. The van der Waals surface area contributed by atoms with Crippen molar-refractivity contribution >= 4 is 23.4 Å². The quantitative estimate of drug-likeness (QED) is 0.324. The molecular weight excluding hydrogens is 514 g/mol. The Kier molecular flexibility index (Phi) is 7.30. The summed E-state index contributed by atoms with van der Waals surface area (Å²) in [5.41, 5.74) is 2.41. The number of allylic oxidation sites excluding steroid dienone is 1. The molecule has 0 fully saturated rings. The van der Waals surface area contributed by atoms with Crippen molar-refractivity contribution in [3.05, 3.63) is 109 Å². The van der Waals surface area contributed by atoms with E-state index in [9.17, 15) is 14.9 Å². The molecule has 8 nitrogen and oxygen atoms in total. The van der Waals surface area contributed by atoms with Crippen LogP contribution in [0, 0.1) is 11.3 Å². The van der Waals surface area contributed by atoms with E-state index >= 15 is 0 Å². The smallest absolute Gasteiger partial charge is 0.338 e. The zero-order valence-corrected chi connectivity index (χ0v) is 22.5. The van der Waals surface area contributed by atoms with E-state index in [1.54, 1.807) is 44.2 Å². The van der Waals surface area contributed by atoms with Crippen LogP contribution in [0.2, 0.25) is 0 Å². The Bertz CT molecular complexity index is 1800. The van der Waals surface area contributed by atoms with E-state index in [2.05, 4.69) is 11.1 Å². The second-order valence-corrected chi connectivity index (χ2v) is 9.67. The van der Waals surface area contributed by atoms with Crippen molar-refractivity contribution in [3.63, 3.8) is 0 Å². The molecular formula is C30H25N3O5S. The van der Waals surface area contributed by atoms with E-state index in [-0.39, 0.29) is 12.2 Å². The molecule has 9 heteroatoms. The third-order valence-corrected chi connectivity index (χ3v) is 7.22. The Morgan fingerprint density at radius 2 is 1.90 bits per heavy atom. The van der Waals surface area contributed by atoms with Gasteiger partial charge in [-0.3, -0.25) is 9.36 Å². The van der Waals surface area contributed by atoms with Crippen molar-refractivity contribution in [1.82, 2.24) is 4.57 Å². The lowest BCUT2D eigenvalue weighted by atomic mass is 9.96. The molecule has 196 valence electrons. The van der Waals surface area contributed by atoms with Crippen LogP contribution in [0.5, 0.6) is 5.75 Å². The predicted molar refractivity (Wildman–Crippen MR) is 147 cm³/mol. The maximum atomic E-state index is 13.8. The molecule has 1 aliphatic heterocycles. The number of fused-ring (bicyclic) bond motifs is 1. The number of aromatic nitrogens is 1. The summed E-state index contributed by atoms with van der Waals surface area (Å²) >= 11 is 1.21. The summed E-state index contributed by atoms with van der Waals surface area (Å²) in [7, 11) is 0. The van der Waals surface area contributed by atoms with Gasteiger partial charge in [0.2, 0.25) is 0 Å². The number of hydrogen-bond acceptors (Lipinski definition) is 8. The third kappa shape index (κ3) is 4.94. The number of benzene rings is 2. The Hall–Kier alpha value is -4.68. The normalized spacial score (nSPS) is 14.9. The van der Waals surface area contributed by atoms with Crippen molar-refractivity contribution < 1.29 is 18.7 Å². The largest absolute Gasteiger partial charge is 0.494 e. The van der Waals surface area contributed by atoms with E-state index in [4.69, 9.17) is 13.9 Å². The van der Waals surface area contributed by atoms with Gasteiger partial charge in [0, 0.05) is 11.6 Å². The average Bonchev–Trinajstić information content (AvgIpc) is 3.53. The zero-order chi connectivity index (χ0) is 27.5. The summed E-state index contributed by atoms with van der Waals surface area (Å²) in [6.07, 6.45) is 1.65. The molecule has 1 aliphatic rings. The number of furan rings is 1. The first kappa shape index (κ1) is 25.9. The lowest BCUT2D eigenvalue weighted by Gasteiger charge is -2.24. The fourth-order valence-electron chi connectivity index (χ4n) is 4.52. The first-order chi connectivity index (χ1) is 18.9. The van der Waals surface area contributed by atoms with Crippen molar-refractivity contribution in [2.45, 2.75) is 26.8 Å².